The number of urea groups is 1. The molecule has 1 atom stereocenters. The van der Waals surface area contributed by atoms with Gasteiger partial charge in [0.1, 0.15) is 11.6 Å². The third kappa shape index (κ3) is 4.11. The molecule has 0 radical (unpaired) electrons. The topological polar surface area (TPSA) is 70.7 Å². The number of methoxy groups -OCH3 is 1. The highest BCUT2D eigenvalue weighted by Gasteiger charge is 2.31. The summed E-state index contributed by atoms with van der Waals surface area (Å²) in [5.74, 6) is 0.146. The molecule has 2 N–H and O–H groups in total. The quantitative estimate of drug-likeness (QED) is 0.863. The van der Waals surface area contributed by atoms with Crippen LogP contribution in [0.5, 0.6) is 5.75 Å². The Morgan fingerprint density at radius 1 is 1.27 bits per heavy atom. The van der Waals surface area contributed by atoms with Gasteiger partial charge in [-0.15, -0.1) is 0 Å². The fraction of sp³-hybridized carbons (Fsp3) is 0.263. The van der Waals surface area contributed by atoms with Crippen LogP contribution in [-0.2, 0) is 11.3 Å². The van der Waals surface area contributed by atoms with E-state index in [9.17, 15) is 14.0 Å². The van der Waals surface area contributed by atoms with Gasteiger partial charge in [-0.3, -0.25) is 4.79 Å². The van der Waals surface area contributed by atoms with Gasteiger partial charge in [-0.05, 0) is 24.3 Å². The number of para-hydroxylation sites is 1. The van der Waals surface area contributed by atoms with Gasteiger partial charge in [-0.2, -0.15) is 0 Å². The van der Waals surface area contributed by atoms with Gasteiger partial charge in [-0.25, -0.2) is 9.18 Å². The van der Waals surface area contributed by atoms with Crippen LogP contribution in [0.1, 0.15) is 12.0 Å². The summed E-state index contributed by atoms with van der Waals surface area (Å²) in [6.45, 7) is 0.620. The third-order valence-corrected chi connectivity index (χ3v) is 4.21. The second-order valence-electron chi connectivity index (χ2n) is 6.02. The summed E-state index contributed by atoms with van der Waals surface area (Å²) in [5, 5.41) is 5.54. The van der Waals surface area contributed by atoms with Crippen molar-refractivity contribution in [3.05, 3.63) is 59.9 Å². The van der Waals surface area contributed by atoms with E-state index in [2.05, 4.69) is 10.6 Å². The van der Waals surface area contributed by atoms with Gasteiger partial charge in [0.05, 0.1) is 13.2 Å². The van der Waals surface area contributed by atoms with Gasteiger partial charge < -0.3 is 20.3 Å². The van der Waals surface area contributed by atoms with E-state index in [1.54, 1.807) is 19.2 Å². The van der Waals surface area contributed by atoms with E-state index in [1.165, 1.54) is 17.0 Å². The number of rotatable bonds is 5. The van der Waals surface area contributed by atoms with Crippen LogP contribution < -0.4 is 20.3 Å². The molecule has 1 aliphatic rings. The third-order valence-electron chi connectivity index (χ3n) is 4.21. The molecule has 2 aromatic carbocycles. The molecule has 0 saturated carbocycles. The highest BCUT2D eigenvalue weighted by Crippen LogP contribution is 2.22. The lowest BCUT2D eigenvalue weighted by molar-refractivity contribution is -0.117. The minimum atomic E-state index is -0.402. The molecule has 1 fully saturated rings. The van der Waals surface area contributed by atoms with Crippen LogP contribution in [0.15, 0.2) is 48.5 Å². The second kappa shape index (κ2) is 7.86. The fourth-order valence-electron chi connectivity index (χ4n) is 2.96. The molecule has 0 aromatic heterocycles. The van der Waals surface area contributed by atoms with Crippen LogP contribution in [0.25, 0.3) is 0 Å². The predicted octanol–water partition coefficient (Wildman–Crippen LogP) is 2.44. The number of ether oxygens (including phenoxy) is 1. The van der Waals surface area contributed by atoms with Crippen molar-refractivity contribution >= 4 is 17.6 Å². The van der Waals surface area contributed by atoms with E-state index in [0.29, 0.717) is 24.5 Å². The SMILES string of the molecule is COc1ccccc1CNC(=O)N[C@H]1CC(=O)N(c2cccc(F)c2)C1. The maximum absolute atomic E-state index is 13.4. The van der Waals surface area contributed by atoms with Gasteiger partial charge in [0.25, 0.3) is 0 Å². The number of carbonyl (C=O) groups excluding carboxylic acids is 2. The predicted molar refractivity (Wildman–Crippen MR) is 95.5 cm³/mol. The molecule has 0 bridgehead atoms. The minimum Gasteiger partial charge on any atom is -0.496 e. The molecule has 1 aliphatic heterocycles. The molecule has 3 rings (SSSR count). The number of nitrogens with one attached hydrogen (secondary N) is 2. The summed E-state index contributed by atoms with van der Waals surface area (Å²) in [5.41, 5.74) is 1.35. The van der Waals surface area contributed by atoms with Crippen molar-refractivity contribution in [1.82, 2.24) is 10.6 Å². The van der Waals surface area contributed by atoms with Crippen molar-refractivity contribution < 1.29 is 18.7 Å². The molecule has 0 spiro atoms. The number of hydrogen-bond donors (Lipinski definition) is 2. The summed E-state index contributed by atoms with van der Waals surface area (Å²) in [6.07, 6.45) is 0.179. The smallest absolute Gasteiger partial charge is 0.315 e. The van der Waals surface area contributed by atoms with Crippen molar-refractivity contribution in [2.45, 2.75) is 19.0 Å². The first-order valence-corrected chi connectivity index (χ1v) is 8.29. The Bertz CT molecular complexity index is 812. The number of amides is 3. The lowest BCUT2D eigenvalue weighted by Crippen LogP contribution is -2.43. The first-order valence-electron chi connectivity index (χ1n) is 8.29. The van der Waals surface area contributed by atoms with E-state index < -0.39 is 5.82 Å². The number of hydrogen-bond acceptors (Lipinski definition) is 3. The van der Waals surface area contributed by atoms with Crippen molar-refractivity contribution in [2.24, 2.45) is 0 Å². The first-order chi connectivity index (χ1) is 12.6. The summed E-state index contributed by atoms with van der Waals surface area (Å²) in [7, 11) is 1.57. The summed E-state index contributed by atoms with van der Waals surface area (Å²) >= 11 is 0. The average Bonchev–Trinajstić information content (AvgIpc) is 3.00. The number of nitrogens with zero attached hydrogens (tertiary/aromatic N) is 1. The average molecular weight is 357 g/mol. The molecule has 0 aliphatic carbocycles. The molecule has 7 heteroatoms. The monoisotopic (exact) mass is 357 g/mol. The number of carbonyl (C=O) groups is 2. The number of anilines is 1. The van der Waals surface area contributed by atoms with Crippen LogP contribution in [0.4, 0.5) is 14.9 Å². The highest BCUT2D eigenvalue weighted by molar-refractivity contribution is 5.96. The molecule has 1 saturated heterocycles. The Hall–Kier alpha value is -3.09. The minimum absolute atomic E-state index is 0.148. The molecular weight excluding hydrogens is 337 g/mol. The van der Waals surface area contributed by atoms with Crippen LogP contribution >= 0.6 is 0 Å². The van der Waals surface area contributed by atoms with Crippen molar-refractivity contribution in [3.8, 4) is 5.75 Å². The fourth-order valence-corrected chi connectivity index (χ4v) is 2.96. The Kier molecular flexibility index (Phi) is 5.36. The zero-order chi connectivity index (χ0) is 18.5. The molecule has 6 nitrogen and oxygen atoms in total. The van der Waals surface area contributed by atoms with Crippen LogP contribution in [0.3, 0.4) is 0 Å². The standard InChI is InChI=1S/C19H20FN3O3/c1-26-17-8-3-2-5-13(17)11-21-19(25)22-15-10-18(24)23(12-15)16-7-4-6-14(20)9-16/h2-9,15H,10-12H2,1H3,(H2,21,22,25)/t15-/m0/s1. The zero-order valence-electron chi connectivity index (χ0n) is 14.4. The van der Waals surface area contributed by atoms with E-state index in [4.69, 9.17) is 4.74 Å². The Morgan fingerprint density at radius 2 is 2.08 bits per heavy atom. The summed E-state index contributed by atoms with van der Waals surface area (Å²) in [4.78, 5) is 25.8. The largest absolute Gasteiger partial charge is 0.496 e. The highest BCUT2D eigenvalue weighted by atomic mass is 19.1. The summed E-state index contributed by atoms with van der Waals surface area (Å²) in [6, 6.07) is 12.6. The number of halogens is 1. The Morgan fingerprint density at radius 3 is 2.85 bits per heavy atom. The van der Waals surface area contributed by atoms with Crippen LogP contribution in [0.2, 0.25) is 0 Å². The molecule has 3 amide bonds. The van der Waals surface area contributed by atoms with Gasteiger partial charge in [-0.1, -0.05) is 24.3 Å². The Balaban J connectivity index is 1.54. The van der Waals surface area contributed by atoms with Crippen LogP contribution in [-0.4, -0.2) is 31.6 Å². The molecule has 1 heterocycles. The maximum atomic E-state index is 13.4. The number of benzene rings is 2. The van der Waals surface area contributed by atoms with Crippen molar-refractivity contribution in [2.75, 3.05) is 18.6 Å². The second-order valence-corrected chi connectivity index (χ2v) is 6.02. The van der Waals surface area contributed by atoms with Gasteiger partial charge in [0.15, 0.2) is 0 Å². The molecular formula is C19H20FN3O3. The molecule has 136 valence electrons. The lowest BCUT2D eigenvalue weighted by atomic mass is 10.2. The van der Waals surface area contributed by atoms with Crippen molar-refractivity contribution in [1.29, 1.82) is 0 Å². The van der Waals surface area contributed by atoms with Gasteiger partial charge in [0, 0.05) is 30.8 Å². The molecule has 26 heavy (non-hydrogen) atoms. The maximum Gasteiger partial charge on any atom is 0.315 e. The zero-order valence-corrected chi connectivity index (χ0v) is 14.4. The van der Waals surface area contributed by atoms with E-state index in [1.807, 2.05) is 24.3 Å². The van der Waals surface area contributed by atoms with E-state index in [0.717, 1.165) is 5.56 Å². The lowest BCUT2D eigenvalue weighted by Gasteiger charge is -2.17. The van der Waals surface area contributed by atoms with E-state index in [-0.39, 0.29) is 24.4 Å². The first kappa shape index (κ1) is 17.7. The molecule has 0 unspecified atom stereocenters. The van der Waals surface area contributed by atoms with E-state index >= 15 is 0 Å². The van der Waals surface area contributed by atoms with Gasteiger partial charge in [0.2, 0.25) is 5.91 Å². The van der Waals surface area contributed by atoms with Crippen LogP contribution in [0, 0.1) is 5.82 Å². The normalized spacial score (nSPS) is 16.5. The Labute approximate surface area is 150 Å². The molecule has 2 aromatic rings. The summed E-state index contributed by atoms with van der Waals surface area (Å²) < 4.78 is 18.6. The van der Waals surface area contributed by atoms with Gasteiger partial charge >= 0.3 is 6.03 Å². The van der Waals surface area contributed by atoms with Crippen molar-refractivity contribution in [3.63, 3.8) is 0 Å².